The molecule has 1 aromatic rings. The van der Waals surface area contributed by atoms with Gasteiger partial charge in [-0.05, 0) is 38.3 Å². The van der Waals surface area contributed by atoms with Crippen molar-refractivity contribution in [3.05, 3.63) is 22.5 Å². The van der Waals surface area contributed by atoms with Gasteiger partial charge < -0.3 is 10.1 Å². The van der Waals surface area contributed by atoms with Crippen molar-refractivity contribution in [2.75, 3.05) is 20.2 Å². The molecule has 0 spiro atoms. The molecule has 1 fully saturated rings. The molecule has 1 unspecified atom stereocenters. The lowest BCUT2D eigenvalue weighted by Crippen LogP contribution is -2.31. The molecule has 0 saturated carbocycles. The van der Waals surface area contributed by atoms with Crippen molar-refractivity contribution in [2.45, 2.75) is 25.8 Å². The highest BCUT2D eigenvalue weighted by Crippen LogP contribution is 2.14. The van der Waals surface area contributed by atoms with E-state index >= 15 is 0 Å². The van der Waals surface area contributed by atoms with Crippen LogP contribution in [0, 0.1) is 5.92 Å². The van der Waals surface area contributed by atoms with Crippen LogP contribution in [0.4, 0.5) is 0 Å². The topological polar surface area (TPSA) is 56.1 Å². The van der Waals surface area contributed by atoms with Gasteiger partial charge in [0.05, 0.1) is 7.11 Å². The number of aryl methyl sites for hydroxylation is 1. The number of hydrogen-bond donors (Lipinski definition) is 1. The lowest BCUT2D eigenvalue weighted by molar-refractivity contribution is 0.323. The summed E-state index contributed by atoms with van der Waals surface area (Å²) in [4.78, 5) is 11.6. The third-order valence-corrected chi connectivity index (χ3v) is 3.20. The Bertz CT molecular complexity index is 410. The molecule has 1 N–H and O–H groups in total. The summed E-state index contributed by atoms with van der Waals surface area (Å²) in [5.74, 6) is 1.15. The highest BCUT2D eigenvalue weighted by Gasteiger charge is 2.13. The average molecular weight is 237 g/mol. The molecule has 0 bridgehead atoms. The number of ether oxygens (including phenoxy) is 1. The summed E-state index contributed by atoms with van der Waals surface area (Å²) in [6.45, 7) is 2.84. The smallest absolute Gasteiger partial charge is 0.266 e. The predicted molar refractivity (Wildman–Crippen MR) is 65.3 cm³/mol. The van der Waals surface area contributed by atoms with Crippen LogP contribution in [-0.4, -0.2) is 30.0 Å². The summed E-state index contributed by atoms with van der Waals surface area (Å²) < 4.78 is 6.51. The first-order chi connectivity index (χ1) is 8.29. The van der Waals surface area contributed by atoms with Gasteiger partial charge in [0.1, 0.15) is 0 Å². The maximum atomic E-state index is 11.6. The molecule has 0 amide bonds. The maximum Gasteiger partial charge on any atom is 0.266 e. The first-order valence-corrected chi connectivity index (χ1v) is 6.12. The zero-order chi connectivity index (χ0) is 12.1. The Morgan fingerprint density at radius 3 is 3.18 bits per heavy atom. The van der Waals surface area contributed by atoms with E-state index in [0.717, 1.165) is 19.5 Å². The van der Waals surface area contributed by atoms with Crippen LogP contribution in [0.25, 0.3) is 0 Å². The lowest BCUT2D eigenvalue weighted by atomic mass is 9.96. The third-order valence-electron chi connectivity index (χ3n) is 3.20. The lowest BCUT2D eigenvalue weighted by Gasteiger charge is -2.22. The second kappa shape index (κ2) is 5.82. The number of piperidine rings is 1. The van der Waals surface area contributed by atoms with E-state index in [0.29, 0.717) is 18.3 Å². The molecule has 1 atom stereocenters. The van der Waals surface area contributed by atoms with Crippen molar-refractivity contribution in [1.82, 2.24) is 15.1 Å². The Morgan fingerprint density at radius 2 is 2.47 bits per heavy atom. The summed E-state index contributed by atoms with van der Waals surface area (Å²) in [5.41, 5.74) is -0.0606. The SMILES string of the molecule is COc1ccc(=O)n(CCC2CCCNC2)n1. The second-order valence-electron chi connectivity index (χ2n) is 4.44. The molecule has 5 heteroatoms. The highest BCUT2D eigenvalue weighted by molar-refractivity contribution is 5.05. The van der Waals surface area contributed by atoms with Crippen LogP contribution in [0.5, 0.6) is 5.88 Å². The van der Waals surface area contributed by atoms with E-state index in [4.69, 9.17) is 4.74 Å². The summed E-state index contributed by atoms with van der Waals surface area (Å²) in [5, 5.41) is 7.51. The standard InChI is InChI=1S/C12H19N3O2/c1-17-11-4-5-12(16)15(14-11)8-6-10-3-2-7-13-9-10/h4-5,10,13H,2-3,6-9H2,1H3. The van der Waals surface area contributed by atoms with Gasteiger partial charge in [0.15, 0.2) is 0 Å². The minimum absolute atomic E-state index is 0.0606. The van der Waals surface area contributed by atoms with Gasteiger partial charge in [-0.3, -0.25) is 4.79 Å². The van der Waals surface area contributed by atoms with Crippen LogP contribution in [0.2, 0.25) is 0 Å². The van der Waals surface area contributed by atoms with E-state index in [1.54, 1.807) is 13.2 Å². The molecule has 2 rings (SSSR count). The predicted octanol–water partition coefficient (Wildman–Crippen LogP) is 0.642. The van der Waals surface area contributed by atoms with E-state index in [1.807, 2.05) is 0 Å². The summed E-state index contributed by atoms with van der Waals surface area (Å²) >= 11 is 0. The van der Waals surface area contributed by atoms with Crippen LogP contribution in [0.15, 0.2) is 16.9 Å². The first-order valence-electron chi connectivity index (χ1n) is 6.12. The fraction of sp³-hybridized carbons (Fsp3) is 0.667. The summed E-state index contributed by atoms with van der Waals surface area (Å²) in [6, 6.07) is 3.10. The minimum atomic E-state index is -0.0606. The Morgan fingerprint density at radius 1 is 1.59 bits per heavy atom. The van der Waals surface area contributed by atoms with E-state index < -0.39 is 0 Å². The van der Waals surface area contributed by atoms with Gasteiger partial charge in [0.2, 0.25) is 5.88 Å². The Balaban J connectivity index is 1.95. The fourth-order valence-electron chi connectivity index (χ4n) is 2.17. The minimum Gasteiger partial charge on any atom is -0.480 e. The van der Waals surface area contributed by atoms with Crippen LogP contribution < -0.4 is 15.6 Å². The number of hydrogen-bond acceptors (Lipinski definition) is 4. The van der Waals surface area contributed by atoms with Crippen molar-refractivity contribution < 1.29 is 4.74 Å². The van der Waals surface area contributed by atoms with Crippen molar-refractivity contribution in [2.24, 2.45) is 5.92 Å². The number of methoxy groups -OCH3 is 1. The van der Waals surface area contributed by atoms with Crippen molar-refractivity contribution in [3.8, 4) is 5.88 Å². The highest BCUT2D eigenvalue weighted by atomic mass is 16.5. The number of rotatable bonds is 4. The second-order valence-corrected chi connectivity index (χ2v) is 4.44. The normalized spacial score (nSPS) is 20.2. The maximum absolute atomic E-state index is 11.6. The van der Waals surface area contributed by atoms with Gasteiger partial charge in [-0.15, -0.1) is 5.10 Å². The van der Waals surface area contributed by atoms with Gasteiger partial charge >= 0.3 is 0 Å². The average Bonchev–Trinajstić information content (AvgIpc) is 2.39. The molecule has 5 nitrogen and oxygen atoms in total. The molecule has 1 aliphatic heterocycles. The fourth-order valence-corrected chi connectivity index (χ4v) is 2.17. The first kappa shape index (κ1) is 12.1. The molecule has 1 aromatic heterocycles. The molecule has 1 saturated heterocycles. The monoisotopic (exact) mass is 237 g/mol. The Kier molecular flexibility index (Phi) is 4.14. The van der Waals surface area contributed by atoms with Gasteiger partial charge in [0.25, 0.3) is 5.56 Å². The summed E-state index contributed by atoms with van der Waals surface area (Å²) in [7, 11) is 1.56. The molecular weight excluding hydrogens is 218 g/mol. The van der Waals surface area contributed by atoms with Crippen LogP contribution in [-0.2, 0) is 6.54 Å². The summed E-state index contributed by atoms with van der Waals surface area (Å²) in [6.07, 6.45) is 3.46. The van der Waals surface area contributed by atoms with E-state index in [9.17, 15) is 4.79 Å². The van der Waals surface area contributed by atoms with Crippen LogP contribution in [0.1, 0.15) is 19.3 Å². The molecule has 0 aliphatic carbocycles. The Hall–Kier alpha value is -1.36. The van der Waals surface area contributed by atoms with Gasteiger partial charge in [0, 0.05) is 18.7 Å². The molecule has 17 heavy (non-hydrogen) atoms. The van der Waals surface area contributed by atoms with Crippen molar-refractivity contribution in [1.29, 1.82) is 0 Å². The van der Waals surface area contributed by atoms with Gasteiger partial charge in [-0.1, -0.05) is 0 Å². The van der Waals surface area contributed by atoms with Crippen LogP contribution >= 0.6 is 0 Å². The van der Waals surface area contributed by atoms with Crippen molar-refractivity contribution in [3.63, 3.8) is 0 Å². The quantitative estimate of drug-likeness (QED) is 0.835. The number of aromatic nitrogens is 2. The van der Waals surface area contributed by atoms with E-state index in [1.165, 1.54) is 23.6 Å². The molecule has 2 heterocycles. The van der Waals surface area contributed by atoms with Gasteiger partial charge in [-0.2, -0.15) is 0 Å². The molecular formula is C12H19N3O2. The van der Waals surface area contributed by atoms with Crippen molar-refractivity contribution >= 4 is 0 Å². The van der Waals surface area contributed by atoms with Crippen LogP contribution in [0.3, 0.4) is 0 Å². The Labute approximate surface area is 101 Å². The van der Waals surface area contributed by atoms with E-state index in [-0.39, 0.29) is 5.56 Å². The van der Waals surface area contributed by atoms with Gasteiger partial charge in [-0.25, -0.2) is 4.68 Å². The third kappa shape index (κ3) is 3.30. The zero-order valence-electron chi connectivity index (χ0n) is 10.2. The van der Waals surface area contributed by atoms with E-state index in [2.05, 4.69) is 10.4 Å². The number of nitrogens with one attached hydrogen (secondary N) is 1. The molecule has 94 valence electrons. The molecule has 1 aliphatic rings. The number of nitrogens with zero attached hydrogens (tertiary/aromatic N) is 2. The molecule has 0 radical (unpaired) electrons. The zero-order valence-corrected chi connectivity index (χ0v) is 10.2. The largest absolute Gasteiger partial charge is 0.480 e. The molecule has 0 aromatic carbocycles.